The molecule has 33 heavy (non-hydrogen) atoms. The van der Waals surface area contributed by atoms with Crippen molar-refractivity contribution in [1.82, 2.24) is 25.3 Å². The van der Waals surface area contributed by atoms with Crippen LogP contribution in [0.3, 0.4) is 0 Å². The van der Waals surface area contributed by atoms with Crippen molar-refractivity contribution in [1.29, 1.82) is 0 Å². The minimum absolute atomic E-state index is 0.0831. The average Bonchev–Trinajstić information content (AvgIpc) is 2.80. The minimum atomic E-state index is -1.09. The number of nitrogens with one attached hydrogen (secondary N) is 1. The Bertz CT molecular complexity index is 1200. The number of carbonyl (C=O) groups excluding carboxylic acids is 2. The highest BCUT2D eigenvalue weighted by Gasteiger charge is 2.23. The van der Waals surface area contributed by atoms with Crippen LogP contribution < -0.4 is 16.0 Å². The third-order valence-corrected chi connectivity index (χ3v) is 4.69. The summed E-state index contributed by atoms with van der Waals surface area (Å²) in [5, 5.41) is 21.3. The van der Waals surface area contributed by atoms with Gasteiger partial charge in [-0.3, -0.25) is 9.59 Å². The molecule has 13 heteroatoms. The predicted molar refractivity (Wildman–Crippen MR) is 116 cm³/mol. The van der Waals surface area contributed by atoms with Gasteiger partial charge < -0.3 is 30.9 Å². The van der Waals surface area contributed by atoms with Crippen LogP contribution in [0.15, 0.2) is 30.5 Å². The molecule has 2 heterocycles. The Morgan fingerprint density at radius 3 is 2.52 bits per heavy atom. The van der Waals surface area contributed by atoms with E-state index in [1.807, 2.05) is 0 Å². The molecule has 0 aliphatic heterocycles. The molecule has 3 rings (SSSR count). The number of esters is 1. The number of aromatic hydroxyl groups is 1. The van der Waals surface area contributed by atoms with Gasteiger partial charge >= 0.3 is 11.9 Å². The first-order chi connectivity index (χ1) is 15.7. The van der Waals surface area contributed by atoms with Crippen LogP contribution in [0, 0.1) is 0 Å². The van der Waals surface area contributed by atoms with Gasteiger partial charge in [0.25, 0.3) is 5.91 Å². The molecule has 0 spiro atoms. The molecule has 1 atom stereocenters. The molecule has 0 unspecified atom stereocenters. The maximum atomic E-state index is 12.5. The number of aromatic nitrogens is 4. The van der Waals surface area contributed by atoms with E-state index in [2.05, 4.69) is 30.0 Å². The number of carboxylic acid groups (broad SMARTS) is 1. The normalized spacial score (nSPS) is 11.6. The van der Waals surface area contributed by atoms with E-state index in [0.717, 1.165) is 7.11 Å². The van der Waals surface area contributed by atoms with Crippen LogP contribution in [0.4, 0.5) is 17.5 Å². The molecule has 1 aromatic carbocycles. The van der Waals surface area contributed by atoms with E-state index < -0.39 is 29.8 Å². The van der Waals surface area contributed by atoms with Gasteiger partial charge in [0.15, 0.2) is 17.0 Å². The number of ether oxygens (including phenoxy) is 1. The summed E-state index contributed by atoms with van der Waals surface area (Å²) < 4.78 is 4.63. The van der Waals surface area contributed by atoms with Crippen LogP contribution in [-0.4, -0.2) is 68.2 Å². The number of rotatable bonds is 8. The molecule has 1 amide bonds. The number of hydrogen-bond acceptors (Lipinski definition) is 11. The van der Waals surface area contributed by atoms with Crippen molar-refractivity contribution >= 4 is 46.5 Å². The number of nitrogen functional groups attached to an aromatic ring is 1. The maximum Gasteiger partial charge on any atom is 0.328 e. The maximum absolute atomic E-state index is 12.5. The van der Waals surface area contributed by atoms with Crippen molar-refractivity contribution in [3.05, 3.63) is 36.0 Å². The number of hydrogen-bond donors (Lipinski definition) is 4. The zero-order valence-corrected chi connectivity index (χ0v) is 17.7. The number of carboxylic acids is 1. The van der Waals surface area contributed by atoms with Crippen LogP contribution in [0.2, 0.25) is 0 Å². The van der Waals surface area contributed by atoms with Gasteiger partial charge in [-0.2, -0.15) is 9.97 Å². The first-order valence-corrected chi connectivity index (χ1v) is 9.63. The monoisotopic (exact) mass is 455 g/mol. The second-order valence-corrected chi connectivity index (χ2v) is 6.89. The summed E-state index contributed by atoms with van der Waals surface area (Å²) in [6.45, 7) is 0. The molecule has 2 aromatic heterocycles. The van der Waals surface area contributed by atoms with Crippen molar-refractivity contribution in [3.63, 3.8) is 0 Å². The highest BCUT2D eigenvalue weighted by Crippen LogP contribution is 2.25. The van der Waals surface area contributed by atoms with Gasteiger partial charge in [-0.1, -0.05) is 0 Å². The predicted octanol–water partition coefficient (Wildman–Crippen LogP) is 0.612. The lowest BCUT2D eigenvalue weighted by atomic mass is 10.1. The summed E-state index contributed by atoms with van der Waals surface area (Å²) in [5.74, 6) is -2.52. The second kappa shape index (κ2) is 9.72. The van der Waals surface area contributed by atoms with E-state index in [4.69, 9.17) is 10.8 Å². The van der Waals surface area contributed by atoms with Gasteiger partial charge in [0, 0.05) is 24.7 Å². The van der Waals surface area contributed by atoms with E-state index in [1.165, 1.54) is 18.3 Å². The number of fused-ring (bicyclic) bond motifs is 1. The molecule has 0 aliphatic rings. The first-order valence-electron chi connectivity index (χ1n) is 9.63. The Kier molecular flexibility index (Phi) is 6.81. The molecule has 0 fully saturated rings. The van der Waals surface area contributed by atoms with Crippen molar-refractivity contribution in [2.75, 3.05) is 24.8 Å². The molecule has 3 aromatic rings. The Balaban J connectivity index is 1.76. The lowest BCUT2D eigenvalue weighted by Gasteiger charge is -2.19. The first kappa shape index (κ1) is 23.1. The Morgan fingerprint density at radius 1 is 1.18 bits per heavy atom. The Morgan fingerprint density at radius 2 is 1.88 bits per heavy atom. The van der Waals surface area contributed by atoms with E-state index >= 15 is 0 Å². The van der Waals surface area contributed by atoms with Gasteiger partial charge in [0.05, 0.1) is 13.3 Å². The molecule has 0 aliphatic carbocycles. The smallest absolute Gasteiger partial charge is 0.328 e. The summed E-state index contributed by atoms with van der Waals surface area (Å²) in [7, 11) is 2.86. The molecule has 172 valence electrons. The molecule has 0 radical (unpaired) electrons. The third kappa shape index (κ3) is 5.39. The summed E-state index contributed by atoms with van der Waals surface area (Å²) >= 11 is 0. The van der Waals surface area contributed by atoms with Crippen LogP contribution in [0.5, 0.6) is 5.88 Å². The average molecular weight is 455 g/mol. The lowest BCUT2D eigenvalue weighted by Crippen LogP contribution is -2.41. The fraction of sp³-hybridized carbons (Fsp3) is 0.250. The van der Waals surface area contributed by atoms with Crippen LogP contribution in [0.1, 0.15) is 23.2 Å². The number of nitrogens with zero attached hydrogens (tertiary/aromatic N) is 5. The quantitative estimate of drug-likeness (QED) is 0.346. The van der Waals surface area contributed by atoms with E-state index in [0.29, 0.717) is 11.5 Å². The van der Waals surface area contributed by atoms with E-state index in [-0.39, 0.29) is 35.5 Å². The number of carbonyl (C=O) groups is 3. The molecular weight excluding hydrogens is 434 g/mol. The topological polar surface area (TPSA) is 194 Å². The molecule has 13 nitrogen and oxygen atoms in total. The fourth-order valence-electron chi connectivity index (χ4n) is 2.93. The van der Waals surface area contributed by atoms with Crippen molar-refractivity contribution in [2.45, 2.75) is 18.9 Å². The largest absolute Gasteiger partial charge is 0.492 e. The second-order valence-electron chi connectivity index (χ2n) is 6.89. The summed E-state index contributed by atoms with van der Waals surface area (Å²) in [4.78, 5) is 52.8. The van der Waals surface area contributed by atoms with Crippen LogP contribution in [-0.2, 0) is 14.3 Å². The summed E-state index contributed by atoms with van der Waals surface area (Å²) in [6.07, 6.45) is 1.04. The summed E-state index contributed by atoms with van der Waals surface area (Å²) in [6, 6.07) is 5.26. The van der Waals surface area contributed by atoms with Crippen molar-refractivity contribution in [3.8, 4) is 5.88 Å². The zero-order valence-electron chi connectivity index (χ0n) is 17.7. The number of aliphatic carboxylic acids is 1. The standard InChI is InChI=1S/C20H21N7O6/c1-27(13-9-22-16-15(24-13)18(31)26-20(21)25-16)11-5-3-10(4-6-11)17(30)23-12(19(32)33-2)7-8-14(28)29/h3-6,9,12H,7-8H2,1-2H3,(H,23,30)(H,28,29)(H3,21,22,25,26,31)/t12-/m0/s1. The van der Waals surface area contributed by atoms with Gasteiger partial charge in [0.1, 0.15) is 6.04 Å². The number of anilines is 3. The van der Waals surface area contributed by atoms with Crippen LogP contribution in [0.25, 0.3) is 11.2 Å². The van der Waals surface area contributed by atoms with Gasteiger partial charge in [-0.25, -0.2) is 14.8 Å². The van der Waals surface area contributed by atoms with Crippen LogP contribution >= 0.6 is 0 Å². The lowest BCUT2D eigenvalue weighted by molar-refractivity contribution is -0.143. The zero-order chi connectivity index (χ0) is 24.1. The Hall–Kier alpha value is -4.55. The minimum Gasteiger partial charge on any atom is -0.492 e. The number of benzene rings is 1. The number of amides is 1. The SMILES string of the molecule is COC(=O)[C@H](CCC(=O)O)NC(=O)c1ccc(N(C)c2cnc3nc(N)nc(O)c3n2)cc1. The van der Waals surface area contributed by atoms with Gasteiger partial charge in [-0.05, 0) is 30.7 Å². The molecule has 5 N–H and O–H groups in total. The Labute approximate surface area is 187 Å². The van der Waals surface area contributed by atoms with Gasteiger partial charge in [0.2, 0.25) is 11.8 Å². The molecule has 0 saturated heterocycles. The molecular formula is C20H21N7O6. The highest BCUT2D eigenvalue weighted by atomic mass is 16.5. The van der Waals surface area contributed by atoms with E-state index in [9.17, 15) is 19.5 Å². The highest BCUT2D eigenvalue weighted by molar-refractivity contribution is 5.97. The molecule has 0 saturated carbocycles. The van der Waals surface area contributed by atoms with E-state index in [1.54, 1.807) is 24.1 Å². The summed E-state index contributed by atoms with van der Waals surface area (Å²) in [5.41, 5.74) is 6.62. The third-order valence-electron chi connectivity index (χ3n) is 4.69. The number of nitrogens with two attached hydrogens (primary N) is 1. The van der Waals surface area contributed by atoms with Gasteiger partial charge in [-0.15, -0.1) is 0 Å². The van der Waals surface area contributed by atoms with Crippen molar-refractivity contribution in [2.24, 2.45) is 0 Å². The van der Waals surface area contributed by atoms with Crippen molar-refractivity contribution < 1.29 is 29.3 Å². The molecule has 0 bridgehead atoms. The number of methoxy groups -OCH3 is 1. The fourth-order valence-corrected chi connectivity index (χ4v) is 2.93.